The summed E-state index contributed by atoms with van der Waals surface area (Å²) in [6.45, 7) is 2.88. The first-order valence-electron chi connectivity index (χ1n) is 6.53. The van der Waals surface area contributed by atoms with Crippen molar-refractivity contribution in [3.05, 3.63) is 41.7 Å². The second kappa shape index (κ2) is 5.80. The van der Waals surface area contributed by atoms with Crippen molar-refractivity contribution in [2.24, 2.45) is 0 Å². The molecule has 0 fully saturated rings. The molecule has 0 saturated carbocycles. The van der Waals surface area contributed by atoms with Crippen LogP contribution >= 0.6 is 0 Å². The third-order valence-electron chi connectivity index (χ3n) is 3.21. The van der Waals surface area contributed by atoms with E-state index in [-0.39, 0.29) is 16.7 Å². The zero-order valence-corrected chi connectivity index (χ0v) is 13.0. The van der Waals surface area contributed by atoms with Crippen molar-refractivity contribution >= 4 is 16.3 Å². The Morgan fingerprint density at radius 1 is 1.26 bits per heavy atom. The van der Waals surface area contributed by atoms with Gasteiger partial charge < -0.3 is 0 Å². The van der Waals surface area contributed by atoms with Gasteiger partial charge in [-0.05, 0) is 25.5 Å². The number of carbonyl (C=O) groups is 1. The van der Waals surface area contributed by atoms with Gasteiger partial charge in [0, 0.05) is 11.1 Å². The highest BCUT2D eigenvalue weighted by Gasteiger charge is 2.34. The number of benzene rings is 1. The lowest BCUT2D eigenvalue weighted by atomic mass is 10.00. The van der Waals surface area contributed by atoms with Gasteiger partial charge >= 0.3 is 6.18 Å². The van der Waals surface area contributed by atoms with Gasteiger partial charge in [-0.3, -0.25) is 4.79 Å². The Labute approximate surface area is 130 Å². The molecule has 0 aliphatic heterocycles. The number of aldehydes is 1. The van der Waals surface area contributed by atoms with E-state index in [2.05, 4.69) is 5.10 Å². The van der Waals surface area contributed by atoms with Crippen molar-refractivity contribution in [2.75, 3.05) is 0 Å². The van der Waals surface area contributed by atoms with Crippen LogP contribution < -0.4 is 0 Å². The van der Waals surface area contributed by atoms with E-state index in [1.807, 2.05) is 0 Å². The summed E-state index contributed by atoms with van der Waals surface area (Å²) in [6.07, 6.45) is -2.30. The Hall–Kier alpha value is -2.16. The molecule has 0 aliphatic carbocycles. The van der Waals surface area contributed by atoms with Gasteiger partial charge in [0.15, 0.2) is 0 Å². The highest BCUT2D eigenvalue weighted by molar-refractivity contribution is 7.90. The molecule has 1 heterocycles. The van der Waals surface area contributed by atoms with Crippen LogP contribution in [-0.2, 0) is 16.2 Å². The van der Waals surface area contributed by atoms with Gasteiger partial charge in [0.2, 0.25) is 0 Å². The van der Waals surface area contributed by atoms with Crippen LogP contribution in [-0.4, -0.2) is 29.1 Å². The van der Waals surface area contributed by atoms with Crippen LogP contribution in [0.5, 0.6) is 0 Å². The molecule has 1 aromatic carbocycles. The molecule has 2 aromatic rings. The number of halogens is 3. The monoisotopic (exact) mass is 346 g/mol. The van der Waals surface area contributed by atoms with Gasteiger partial charge in [-0.25, -0.2) is 8.42 Å². The van der Waals surface area contributed by atoms with E-state index >= 15 is 0 Å². The molecular weight excluding hydrogens is 333 g/mol. The van der Waals surface area contributed by atoms with E-state index in [1.54, 1.807) is 0 Å². The van der Waals surface area contributed by atoms with Crippen molar-refractivity contribution in [1.29, 1.82) is 0 Å². The van der Waals surface area contributed by atoms with E-state index in [0.717, 1.165) is 24.5 Å². The Morgan fingerprint density at radius 2 is 1.91 bits per heavy atom. The normalized spacial score (nSPS) is 12.6. The van der Waals surface area contributed by atoms with Crippen molar-refractivity contribution in [3.63, 3.8) is 0 Å². The topological polar surface area (TPSA) is 69.0 Å². The zero-order chi connectivity index (χ0) is 17.4. The summed E-state index contributed by atoms with van der Waals surface area (Å²) in [7, 11) is -3.76. The first-order valence-corrected chi connectivity index (χ1v) is 8.03. The molecule has 9 heteroatoms. The van der Waals surface area contributed by atoms with Crippen LogP contribution in [0.3, 0.4) is 0 Å². The average Bonchev–Trinajstić information content (AvgIpc) is 2.95. The maximum atomic E-state index is 13.2. The van der Waals surface area contributed by atoms with Crippen molar-refractivity contribution in [3.8, 4) is 11.1 Å². The number of rotatable bonds is 4. The molecule has 5 nitrogen and oxygen atoms in total. The summed E-state index contributed by atoms with van der Waals surface area (Å²) >= 11 is 0. The average molecular weight is 346 g/mol. The van der Waals surface area contributed by atoms with Crippen LogP contribution in [0, 0.1) is 0 Å². The van der Waals surface area contributed by atoms with Gasteiger partial charge in [0.05, 0.1) is 23.2 Å². The van der Waals surface area contributed by atoms with Crippen LogP contribution in [0.2, 0.25) is 0 Å². The maximum Gasteiger partial charge on any atom is 0.417 e. The fourth-order valence-corrected chi connectivity index (χ4v) is 2.79. The molecule has 0 saturated heterocycles. The van der Waals surface area contributed by atoms with E-state index in [1.165, 1.54) is 19.9 Å². The summed E-state index contributed by atoms with van der Waals surface area (Å²) in [5.74, 6) is 0. The van der Waals surface area contributed by atoms with E-state index in [0.29, 0.717) is 10.4 Å². The maximum absolute atomic E-state index is 13.2. The van der Waals surface area contributed by atoms with Gasteiger partial charge in [-0.2, -0.15) is 22.4 Å². The Kier molecular flexibility index (Phi) is 4.34. The molecule has 0 atom stereocenters. The van der Waals surface area contributed by atoms with Crippen LogP contribution in [0.4, 0.5) is 13.2 Å². The third-order valence-corrected chi connectivity index (χ3v) is 5.13. The molecule has 0 amide bonds. The molecule has 0 unspecified atom stereocenters. The van der Waals surface area contributed by atoms with Crippen molar-refractivity contribution in [2.45, 2.75) is 25.3 Å². The molecule has 124 valence electrons. The molecule has 23 heavy (non-hydrogen) atoms. The third kappa shape index (κ3) is 3.29. The fourth-order valence-electron chi connectivity index (χ4n) is 1.92. The van der Waals surface area contributed by atoms with Crippen LogP contribution in [0.1, 0.15) is 29.8 Å². The van der Waals surface area contributed by atoms with Crippen molar-refractivity contribution < 1.29 is 26.4 Å². The number of aromatic nitrogens is 2. The van der Waals surface area contributed by atoms with E-state index < -0.39 is 27.0 Å². The number of alkyl halides is 3. The SMILES string of the molecule is CC(C)S(=O)(=O)n1cc(-c2ccc(C=O)cc2C(F)(F)F)cn1. The molecule has 0 bridgehead atoms. The highest BCUT2D eigenvalue weighted by Crippen LogP contribution is 2.37. The predicted octanol–water partition coefficient (Wildman–Crippen LogP) is 2.97. The molecule has 1 aromatic heterocycles. The van der Waals surface area contributed by atoms with Crippen LogP contribution in [0.25, 0.3) is 11.1 Å². The molecule has 2 rings (SSSR count). The predicted molar refractivity (Wildman–Crippen MR) is 77.5 cm³/mol. The lowest BCUT2D eigenvalue weighted by molar-refractivity contribution is -0.137. The van der Waals surface area contributed by atoms with E-state index in [4.69, 9.17) is 0 Å². The summed E-state index contributed by atoms with van der Waals surface area (Å²) in [4.78, 5) is 10.7. The first kappa shape index (κ1) is 17.2. The molecule has 0 aliphatic rings. The van der Waals surface area contributed by atoms with Gasteiger partial charge in [-0.15, -0.1) is 0 Å². The summed E-state index contributed by atoms with van der Waals surface area (Å²) in [5.41, 5.74) is -1.39. The number of hydrogen-bond donors (Lipinski definition) is 0. The highest BCUT2D eigenvalue weighted by atomic mass is 32.2. The lowest BCUT2D eigenvalue weighted by Gasteiger charge is -2.12. The lowest BCUT2D eigenvalue weighted by Crippen LogP contribution is -2.22. The minimum Gasteiger partial charge on any atom is -0.298 e. The Balaban J connectivity index is 2.60. The van der Waals surface area contributed by atoms with E-state index in [9.17, 15) is 26.4 Å². The zero-order valence-electron chi connectivity index (χ0n) is 12.2. The Morgan fingerprint density at radius 3 is 2.43 bits per heavy atom. The minimum atomic E-state index is -4.69. The van der Waals surface area contributed by atoms with Crippen LogP contribution in [0.15, 0.2) is 30.6 Å². The smallest absolute Gasteiger partial charge is 0.298 e. The number of nitrogens with zero attached hydrogens (tertiary/aromatic N) is 2. The van der Waals surface area contributed by atoms with Crippen molar-refractivity contribution in [1.82, 2.24) is 9.19 Å². The molecule has 0 spiro atoms. The summed E-state index contributed by atoms with van der Waals surface area (Å²) in [5, 5.41) is 2.87. The second-order valence-corrected chi connectivity index (χ2v) is 7.46. The Bertz CT molecular complexity index is 839. The quantitative estimate of drug-likeness (QED) is 0.798. The summed E-state index contributed by atoms with van der Waals surface area (Å²) < 4.78 is 64.1. The molecule has 0 N–H and O–H groups in total. The fraction of sp³-hybridized carbons (Fsp3) is 0.286. The first-order chi connectivity index (χ1) is 10.6. The minimum absolute atomic E-state index is 0.000927. The van der Waals surface area contributed by atoms with Gasteiger partial charge in [-0.1, -0.05) is 12.1 Å². The molecule has 0 radical (unpaired) electrons. The van der Waals surface area contributed by atoms with Gasteiger partial charge in [0.25, 0.3) is 10.0 Å². The second-order valence-electron chi connectivity index (χ2n) is 5.12. The van der Waals surface area contributed by atoms with Gasteiger partial charge in [0.1, 0.15) is 6.29 Å². The largest absolute Gasteiger partial charge is 0.417 e. The summed E-state index contributed by atoms with van der Waals surface area (Å²) in [6, 6.07) is 3.07. The number of hydrogen-bond acceptors (Lipinski definition) is 4. The number of carbonyl (C=O) groups excluding carboxylic acids is 1. The standard InChI is InChI=1S/C14H13F3N2O3S/c1-9(2)23(21,22)19-7-11(6-18-19)12-4-3-10(8-20)5-13(12)14(15,16)17/h3-9H,1-2H3. The molecular formula is C14H13F3N2O3S.